The molecule has 57 heavy (non-hydrogen) atoms. The molecule has 4 heterocycles. The topological polar surface area (TPSA) is 44.2 Å². The molecule has 4 aromatic carbocycles. The van der Waals surface area contributed by atoms with Crippen molar-refractivity contribution in [2.45, 2.75) is 17.8 Å². The van der Waals surface area contributed by atoms with E-state index in [1.165, 1.54) is 37.1 Å². The molecule has 0 saturated heterocycles. The summed E-state index contributed by atoms with van der Waals surface area (Å²) in [5, 5.41) is 6.16. The highest BCUT2D eigenvalue weighted by Crippen LogP contribution is 2.65. The maximum absolute atomic E-state index is 15.9. The van der Waals surface area contributed by atoms with Gasteiger partial charge >= 0.3 is 17.8 Å². The number of halogens is 6. The van der Waals surface area contributed by atoms with E-state index < -0.39 is 40.0 Å². The fourth-order valence-corrected chi connectivity index (χ4v) is 9.09. The van der Waals surface area contributed by atoms with E-state index in [1.54, 1.807) is 48.8 Å². The summed E-state index contributed by atoms with van der Waals surface area (Å²) in [6.45, 7) is 0. The van der Waals surface area contributed by atoms with Crippen molar-refractivity contribution in [1.82, 2.24) is 9.97 Å². The largest absolute Gasteiger partial charge is 0.496 e. The lowest BCUT2D eigenvalue weighted by Crippen LogP contribution is -2.48. The molecule has 0 atom stereocenters. The molecule has 9 rings (SSSR count). The van der Waals surface area contributed by atoms with Crippen LogP contribution in [0.3, 0.4) is 0 Å². The van der Waals surface area contributed by atoms with Crippen LogP contribution in [-0.4, -0.2) is 42.0 Å². The van der Waals surface area contributed by atoms with Crippen LogP contribution in [0.2, 0.25) is 0 Å². The summed E-state index contributed by atoms with van der Waals surface area (Å²) >= 11 is 1.96. The quantitative estimate of drug-likeness (QED) is 0.144. The summed E-state index contributed by atoms with van der Waals surface area (Å²) in [6, 6.07) is 31.9. The number of ether oxygens (including phenoxy) is 2. The number of thiophene rings is 2. The Morgan fingerprint density at radius 3 is 1.28 bits per heavy atom. The van der Waals surface area contributed by atoms with Gasteiger partial charge in [0, 0.05) is 55.2 Å². The average Bonchev–Trinajstić information content (AvgIpc) is 3.94. The van der Waals surface area contributed by atoms with Crippen molar-refractivity contribution >= 4 is 55.4 Å². The number of rotatable bonds is 8. The third-order valence-corrected chi connectivity index (χ3v) is 12.2. The van der Waals surface area contributed by atoms with E-state index in [2.05, 4.69) is 9.97 Å². The van der Waals surface area contributed by atoms with Crippen molar-refractivity contribution in [1.29, 1.82) is 0 Å². The van der Waals surface area contributed by atoms with Gasteiger partial charge in [0.1, 0.15) is 11.5 Å². The Morgan fingerprint density at radius 2 is 0.877 bits per heavy atom. The molecule has 12 heteroatoms. The highest BCUT2D eigenvalue weighted by atomic mass is 32.1. The van der Waals surface area contributed by atoms with E-state index in [0.717, 1.165) is 44.2 Å². The molecule has 1 aliphatic rings. The zero-order valence-corrected chi connectivity index (χ0v) is 31.6. The first kappa shape index (κ1) is 36.6. The number of alkyl halides is 6. The summed E-state index contributed by atoms with van der Waals surface area (Å²) in [5.74, 6) is -15.1. The van der Waals surface area contributed by atoms with Crippen molar-refractivity contribution in [3.05, 3.63) is 143 Å². The lowest BCUT2D eigenvalue weighted by molar-refractivity contribution is -0.254. The fourth-order valence-electron chi connectivity index (χ4n) is 7.30. The van der Waals surface area contributed by atoms with Gasteiger partial charge < -0.3 is 9.47 Å². The molecule has 0 fully saturated rings. The Bertz CT molecular complexity index is 2710. The van der Waals surface area contributed by atoms with Crippen LogP contribution in [0.15, 0.2) is 132 Å². The zero-order valence-electron chi connectivity index (χ0n) is 30.0. The molecule has 0 saturated carbocycles. The van der Waals surface area contributed by atoms with Gasteiger partial charge in [0.2, 0.25) is 0 Å². The molecule has 0 amide bonds. The van der Waals surface area contributed by atoms with Crippen LogP contribution < -0.4 is 9.47 Å². The molecule has 0 N–H and O–H groups in total. The lowest BCUT2D eigenvalue weighted by Gasteiger charge is -2.25. The molecule has 0 bridgehead atoms. The van der Waals surface area contributed by atoms with Crippen LogP contribution >= 0.6 is 22.7 Å². The number of hydrogen-bond acceptors (Lipinski definition) is 6. The fraction of sp³-hybridized carbons (Fsp3) is 0.111. The van der Waals surface area contributed by atoms with E-state index in [4.69, 9.17) is 9.47 Å². The van der Waals surface area contributed by atoms with Crippen LogP contribution in [0.5, 0.6) is 11.5 Å². The standard InChI is InChI=1S/C45H28F6N2O2S2/c1-54-37-13-11-27(15-33(37)35-17-25-7-3-5-9-29(25)21-52-35)39-19-31(23-56-39)41-42(44(48,49)45(50,51)43(41,46)47)32-20-40(57-24-32)28-12-14-38(55-2)34(16-28)36-18-26-8-4-6-10-30(26)22-53-36/h3-24H,1-2H3. The highest BCUT2D eigenvalue weighted by molar-refractivity contribution is 7.14. The summed E-state index contributed by atoms with van der Waals surface area (Å²) in [6.07, 6.45) is 3.45. The second-order valence-electron chi connectivity index (χ2n) is 13.5. The van der Waals surface area contributed by atoms with Gasteiger partial charge in [-0.15, -0.1) is 22.7 Å². The number of nitrogens with zero attached hydrogens (tertiary/aromatic N) is 2. The van der Waals surface area contributed by atoms with Gasteiger partial charge in [0.05, 0.1) is 25.6 Å². The van der Waals surface area contributed by atoms with Gasteiger partial charge in [-0.25, -0.2) is 0 Å². The first-order valence-corrected chi connectivity index (χ1v) is 19.3. The van der Waals surface area contributed by atoms with Crippen LogP contribution in [0.4, 0.5) is 26.3 Å². The van der Waals surface area contributed by atoms with Crippen LogP contribution in [-0.2, 0) is 0 Å². The maximum Gasteiger partial charge on any atom is 0.380 e. The molecule has 0 unspecified atom stereocenters. The molecular formula is C45H28F6N2O2S2. The van der Waals surface area contributed by atoms with Crippen molar-refractivity contribution in [3.8, 4) is 54.9 Å². The van der Waals surface area contributed by atoms with Gasteiger partial charge in [-0.3, -0.25) is 9.97 Å². The summed E-state index contributed by atoms with van der Waals surface area (Å²) in [5.41, 5.74) is -0.225. The van der Waals surface area contributed by atoms with E-state index in [1.807, 2.05) is 60.7 Å². The van der Waals surface area contributed by atoms with Gasteiger partial charge in [0.25, 0.3) is 0 Å². The van der Waals surface area contributed by atoms with Crippen molar-refractivity contribution in [3.63, 3.8) is 0 Å². The molecule has 4 aromatic heterocycles. The predicted octanol–water partition coefficient (Wildman–Crippen LogP) is 13.4. The second kappa shape index (κ2) is 13.6. The summed E-state index contributed by atoms with van der Waals surface area (Å²) in [7, 11) is 3.01. The molecular weight excluding hydrogens is 779 g/mol. The Hall–Kier alpha value is -5.98. The molecule has 8 aromatic rings. The van der Waals surface area contributed by atoms with E-state index in [0.29, 0.717) is 54.9 Å². The number of fused-ring (bicyclic) bond motifs is 2. The first-order chi connectivity index (χ1) is 27.4. The molecule has 0 spiro atoms. The molecule has 4 nitrogen and oxygen atoms in total. The minimum atomic E-state index is -5.70. The van der Waals surface area contributed by atoms with Crippen LogP contribution in [0, 0.1) is 0 Å². The Kier molecular flexibility index (Phi) is 8.74. The first-order valence-electron chi connectivity index (χ1n) is 17.5. The lowest BCUT2D eigenvalue weighted by atomic mass is 9.96. The third-order valence-electron chi connectivity index (χ3n) is 10.2. The number of methoxy groups -OCH3 is 2. The maximum atomic E-state index is 15.9. The summed E-state index contributed by atoms with van der Waals surface area (Å²) in [4.78, 5) is 9.97. The van der Waals surface area contributed by atoms with Gasteiger partial charge in [-0.2, -0.15) is 26.3 Å². The van der Waals surface area contributed by atoms with Crippen molar-refractivity contribution in [2.24, 2.45) is 0 Å². The monoisotopic (exact) mass is 806 g/mol. The Balaban J connectivity index is 1.13. The number of aromatic nitrogens is 2. The summed E-state index contributed by atoms with van der Waals surface area (Å²) < 4.78 is 105. The van der Waals surface area contributed by atoms with Gasteiger partial charge in [0.15, 0.2) is 0 Å². The smallest absolute Gasteiger partial charge is 0.380 e. The number of hydrogen-bond donors (Lipinski definition) is 0. The number of allylic oxidation sites excluding steroid dienone is 2. The van der Waals surface area contributed by atoms with Crippen molar-refractivity contribution < 1.29 is 35.8 Å². The molecule has 1 aliphatic carbocycles. The average molecular weight is 807 g/mol. The van der Waals surface area contributed by atoms with Gasteiger partial charge in [-0.1, -0.05) is 48.5 Å². The zero-order chi connectivity index (χ0) is 39.7. The van der Waals surface area contributed by atoms with Crippen LogP contribution in [0.25, 0.3) is 76.1 Å². The Morgan fingerprint density at radius 1 is 0.474 bits per heavy atom. The second-order valence-corrected chi connectivity index (χ2v) is 15.4. The normalized spacial score (nSPS) is 15.7. The Labute approximate surface area is 330 Å². The van der Waals surface area contributed by atoms with Crippen LogP contribution in [0.1, 0.15) is 11.1 Å². The van der Waals surface area contributed by atoms with E-state index in [-0.39, 0.29) is 0 Å². The van der Waals surface area contributed by atoms with Crippen molar-refractivity contribution in [2.75, 3.05) is 14.2 Å². The molecule has 0 radical (unpaired) electrons. The SMILES string of the molecule is COc1ccc(-c2cc(C3=C(c4csc(-c5ccc(OC)c(-c6cc7ccccc7cn6)c5)c4)C(F)(F)C(F)(F)C3(F)F)cs2)cc1-c1cc2ccccc2cn1. The third kappa shape index (κ3) is 5.88. The highest BCUT2D eigenvalue weighted by Gasteiger charge is 2.80. The van der Waals surface area contributed by atoms with Gasteiger partial charge in [-0.05, 0) is 104 Å². The number of benzene rings is 4. The molecule has 0 aliphatic heterocycles. The molecule has 284 valence electrons. The van der Waals surface area contributed by atoms with E-state index in [9.17, 15) is 0 Å². The minimum absolute atomic E-state index is 0.398. The van der Waals surface area contributed by atoms with E-state index >= 15 is 26.3 Å². The number of pyridine rings is 2. The predicted molar refractivity (Wildman–Crippen MR) is 216 cm³/mol. The minimum Gasteiger partial charge on any atom is -0.496 e.